The lowest BCUT2D eigenvalue weighted by Gasteiger charge is -2.32. The van der Waals surface area contributed by atoms with Crippen molar-refractivity contribution < 1.29 is 9.53 Å². The lowest BCUT2D eigenvalue weighted by molar-refractivity contribution is 0.0658. The largest absolute Gasteiger partial charge is 0.497 e. The van der Waals surface area contributed by atoms with E-state index in [1.807, 2.05) is 35.2 Å². The maximum Gasteiger partial charge on any atom is 0.272 e. The molecule has 8 nitrogen and oxygen atoms in total. The maximum absolute atomic E-state index is 12.6. The van der Waals surface area contributed by atoms with Crippen LogP contribution in [-0.2, 0) is 0 Å². The van der Waals surface area contributed by atoms with Gasteiger partial charge in [0.15, 0.2) is 0 Å². The molecule has 1 aliphatic heterocycles. The van der Waals surface area contributed by atoms with Gasteiger partial charge in [-0.25, -0.2) is 15.0 Å². The summed E-state index contributed by atoms with van der Waals surface area (Å²) < 4.78 is 5.18. The zero-order chi connectivity index (χ0) is 20.9. The van der Waals surface area contributed by atoms with Crippen molar-refractivity contribution in [2.75, 3.05) is 45.7 Å². The first kappa shape index (κ1) is 19.8. The first-order valence-electron chi connectivity index (χ1n) is 9.80. The normalized spacial score (nSPS) is 14.4. The second-order valence-corrected chi connectivity index (χ2v) is 7.18. The summed E-state index contributed by atoms with van der Waals surface area (Å²) in [4.78, 5) is 29.7. The first-order chi connectivity index (χ1) is 14.6. The predicted octanol–water partition coefficient (Wildman–Crippen LogP) is 2.68. The number of pyridine rings is 1. The highest BCUT2D eigenvalue weighted by molar-refractivity contribution is 5.92. The minimum absolute atomic E-state index is 0.0326. The van der Waals surface area contributed by atoms with Gasteiger partial charge in [0.2, 0.25) is 5.95 Å². The number of hydrogen-bond acceptors (Lipinski definition) is 7. The van der Waals surface area contributed by atoms with E-state index in [-0.39, 0.29) is 5.91 Å². The van der Waals surface area contributed by atoms with Crippen LogP contribution in [0, 0.1) is 0 Å². The van der Waals surface area contributed by atoms with E-state index >= 15 is 0 Å². The summed E-state index contributed by atoms with van der Waals surface area (Å²) in [6.45, 7) is 3.22. The maximum atomic E-state index is 12.6. The number of carbonyl (C=O) groups excluding carboxylic acids is 1. The van der Waals surface area contributed by atoms with Gasteiger partial charge >= 0.3 is 0 Å². The molecule has 0 saturated carbocycles. The molecule has 2 aromatic heterocycles. The van der Waals surface area contributed by atoms with Crippen molar-refractivity contribution in [1.82, 2.24) is 24.8 Å². The first-order valence-corrected chi connectivity index (χ1v) is 9.80. The Bertz CT molecular complexity index is 982. The van der Waals surface area contributed by atoms with Crippen LogP contribution in [0.1, 0.15) is 10.5 Å². The number of rotatable bonds is 5. The van der Waals surface area contributed by atoms with E-state index in [0.717, 1.165) is 48.7 Å². The molecule has 0 aliphatic carbocycles. The van der Waals surface area contributed by atoms with Crippen LogP contribution in [0.3, 0.4) is 0 Å². The molecular weight excluding hydrogens is 380 g/mol. The smallest absolute Gasteiger partial charge is 0.272 e. The SMILES string of the molecule is COc1ccc(-c2cnc(Nc3ccc(C(=O)N4CCN(C)CC4)nc3)nc2)cc1. The number of anilines is 2. The van der Waals surface area contributed by atoms with Gasteiger partial charge in [0, 0.05) is 44.1 Å². The van der Waals surface area contributed by atoms with Crippen LogP contribution in [0.4, 0.5) is 11.6 Å². The highest BCUT2D eigenvalue weighted by Gasteiger charge is 2.21. The molecule has 1 aromatic carbocycles. The van der Waals surface area contributed by atoms with Gasteiger partial charge in [0.25, 0.3) is 5.91 Å². The average Bonchev–Trinajstić information content (AvgIpc) is 2.80. The Morgan fingerprint density at radius 3 is 2.20 bits per heavy atom. The summed E-state index contributed by atoms with van der Waals surface area (Å²) in [5.41, 5.74) is 3.09. The number of benzene rings is 1. The molecule has 1 N–H and O–H groups in total. The summed E-state index contributed by atoms with van der Waals surface area (Å²) in [6.07, 6.45) is 5.15. The van der Waals surface area contributed by atoms with E-state index in [9.17, 15) is 4.79 Å². The number of ether oxygens (including phenoxy) is 1. The molecule has 3 aromatic rings. The van der Waals surface area contributed by atoms with Gasteiger partial charge in [-0.1, -0.05) is 12.1 Å². The topological polar surface area (TPSA) is 83.5 Å². The third-order valence-corrected chi connectivity index (χ3v) is 5.10. The van der Waals surface area contributed by atoms with Crippen molar-refractivity contribution in [2.45, 2.75) is 0 Å². The molecule has 30 heavy (non-hydrogen) atoms. The Hall–Kier alpha value is -3.52. The van der Waals surface area contributed by atoms with Crippen LogP contribution in [0.2, 0.25) is 0 Å². The van der Waals surface area contributed by atoms with Crippen LogP contribution in [0.5, 0.6) is 5.75 Å². The number of likely N-dealkylation sites (N-methyl/N-ethyl adjacent to an activating group) is 1. The van der Waals surface area contributed by atoms with Gasteiger partial charge in [-0.3, -0.25) is 4.79 Å². The molecule has 0 radical (unpaired) electrons. The average molecular weight is 404 g/mol. The van der Waals surface area contributed by atoms with E-state index in [2.05, 4.69) is 32.2 Å². The van der Waals surface area contributed by atoms with Gasteiger partial charge in [0.1, 0.15) is 11.4 Å². The number of methoxy groups -OCH3 is 1. The van der Waals surface area contributed by atoms with Gasteiger partial charge in [-0.15, -0.1) is 0 Å². The molecule has 4 rings (SSSR count). The third kappa shape index (κ3) is 4.55. The number of nitrogens with zero attached hydrogens (tertiary/aromatic N) is 5. The molecule has 0 bridgehead atoms. The number of aromatic nitrogens is 3. The number of amides is 1. The van der Waals surface area contributed by atoms with Crippen molar-refractivity contribution in [3.05, 3.63) is 60.7 Å². The van der Waals surface area contributed by atoms with Crippen molar-refractivity contribution >= 4 is 17.5 Å². The molecule has 1 amide bonds. The summed E-state index contributed by atoms with van der Waals surface area (Å²) in [5, 5.41) is 3.12. The van der Waals surface area contributed by atoms with Gasteiger partial charge in [-0.05, 0) is 36.9 Å². The fraction of sp³-hybridized carbons (Fsp3) is 0.273. The Morgan fingerprint density at radius 1 is 0.900 bits per heavy atom. The Balaban J connectivity index is 1.38. The van der Waals surface area contributed by atoms with Crippen LogP contribution in [-0.4, -0.2) is 71.0 Å². The molecule has 0 unspecified atom stereocenters. The van der Waals surface area contributed by atoms with Crippen LogP contribution < -0.4 is 10.1 Å². The number of piperazine rings is 1. The lowest BCUT2D eigenvalue weighted by atomic mass is 10.1. The fourth-order valence-electron chi connectivity index (χ4n) is 3.22. The third-order valence-electron chi connectivity index (χ3n) is 5.10. The summed E-state index contributed by atoms with van der Waals surface area (Å²) in [6, 6.07) is 11.3. The second kappa shape index (κ2) is 8.87. The molecule has 1 saturated heterocycles. The summed E-state index contributed by atoms with van der Waals surface area (Å²) >= 11 is 0. The second-order valence-electron chi connectivity index (χ2n) is 7.18. The fourth-order valence-corrected chi connectivity index (χ4v) is 3.22. The zero-order valence-electron chi connectivity index (χ0n) is 17.1. The molecule has 0 spiro atoms. The predicted molar refractivity (Wildman–Crippen MR) is 115 cm³/mol. The standard InChI is InChI=1S/C22H24N6O2/c1-27-9-11-28(12-10-27)21(29)20-8-5-18(15-23-20)26-22-24-13-17(14-25-22)16-3-6-19(30-2)7-4-16/h3-8,13-15H,9-12H2,1-2H3,(H,24,25,26). The minimum Gasteiger partial charge on any atom is -0.497 e. The van der Waals surface area contributed by atoms with Gasteiger partial charge in [-0.2, -0.15) is 0 Å². The van der Waals surface area contributed by atoms with Crippen molar-refractivity contribution in [3.63, 3.8) is 0 Å². The molecular formula is C22H24N6O2. The Kier molecular flexibility index (Phi) is 5.85. The van der Waals surface area contributed by atoms with Crippen LogP contribution in [0.25, 0.3) is 11.1 Å². The Labute approximate surface area is 175 Å². The highest BCUT2D eigenvalue weighted by Crippen LogP contribution is 2.22. The monoisotopic (exact) mass is 404 g/mol. The van der Waals surface area contributed by atoms with Crippen molar-refractivity contribution in [2.24, 2.45) is 0 Å². The van der Waals surface area contributed by atoms with E-state index < -0.39 is 0 Å². The number of nitrogens with one attached hydrogen (secondary N) is 1. The minimum atomic E-state index is -0.0326. The number of hydrogen-bond donors (Lipinski definition) is 1. The van der Waals surface area contributed by atoms with Gasteiger partial charge < -0.3 is 19.9 Å². The number of carbonyl (C=O) groups is 1. The Morgan fingerprint density at radius 2 is 1.60 bits per heavy atom. The lowest BCUT2D eigenvalue weighted by Crippen LogP contribution is -2.47. The molecule has 3 heterocycles. The molecule has 1 aliphatic rings. The molecule has 8 heteroatoms. The molecule has 154 valence electrons. The highest BCUT2D eigenvalue weighted by atomic mass is 16.5. The quantitative estimate of drug-likeness (QED) is 0.700. The summed E-state index contributed by atoms with van der Waals surface area (Å²) in [5.74, 6) is 1.24. The van der Waals surface area contributed by atoms with Crippen LogP contribution in [0.15, 0.2) is 55.0 Å². The molecule has 0 atom stereocenters. The molecule has 1 fully saturated rings. The van der Waals surface area contributed by atoms with E-state index in [0.29, 0.717) is 11.6 Å². The van der Waals surface area contributed by atoms with E-state index in [1.165, 1.54) is 0 Å². The van der Waals surface area contributed by atoms with Gasteiger partial charge in [0.05, 0.1) is 19.0 Å². The van der Waals surface area contributed by atoms with E-state index in [1.54, 1.807) is 31.8 Å². The van der Waals surface area contributed by atoms with E-state index in [4.69, 9.17) is 4.74 Å². The van der Waals surface area contributed by atoms with Crippen molar-refractivity contribution in [3.8, 4) is 16.9 Å². The van der Waals surface area contributed by atoms with Crippen LogP contribution >= 0.6 is 0 Å². The van der Waals surface area contributed by atoms with Crippen molar-refractivity contribution in [1.29, 1.82) is 0 Å². The zero-order valence-corrected chi connectivity index (χ0v) is 17.1. The summed E-state index contributed by atoms with van der Waals surface area (Å²) in [7, 11) is 3.70.